The Kier molecular flexibility index (Phi) is 3.70. The molecule has 0 amide bonds. The van der Waals surface area contributed by atoms with Gasteiger partial charge in [-0.25, -0.2) is 9.78 Å². The van der Waals surface area contributed by atoms with Gasteiger partial charge >= 0.3 is 5.97 Å². The number of halogens is 1. The average molecular weight is 330 g/mol. The highest BCUT2D eigenvalue weighted by Gasteiger charge is 2.33. The molecule has 0 radical (unpaired) electrons. The maximum Gasteiger partial charge on any atom is 0.326 e. The van der Waals surface area contributed by atoms with Crippen LogP contribution >= 0.6 is 15.9 Å². The van der Waals surface area contributed by atoms with Gasteiger partial charge in [0.2, 0.25) is 0 Å². The monoisotopic (exact) mass is 329 g/mol. The number of carbonyl (C=O) groups is 1. The van der Waals surface area contributed by atoms with Crippen molar-refractivity contribution in [2.75, 3.05) is 11.4 Å². The minimum atomic E-state index is -0.901. The Morgan fingerprint density at radius 1 is 1.68 bits per heavy atom. The summed E-state index contributed by atoms with van der Waals surface area (Å²) in [5, 5.41) is 20.0. The van der Waals surface area contributed by atoms with Gasteiger partial charge in [-0.3, -0.25) is 10.1 Å². The van der Waals surface area contributed by atoms with E-state index in [0.29, 0.717) is 28.8 Å². The van der Waals surface area contributed by atoms with E-state index in [9.17, 15) is 14.9 Å². The Bertz CT molecular complexity index is 549. The molecule has 1 aromatic heterocycles. The minimum Gasteiger partial charge on any atom is -0.480 e. The first-order chi connectivity index (χ1) is 8.93. The van der Waals surface area contributed by atoms with Crippen LogP contribution < -0.4 is 4.90 Å². The zero-order valence-electron chi connectivity index (χ0n) is 10.2. The number of rotatable bonds is 3. The minimum absolute atomic E-state index is 0.0818. The van der Waals surface area contributed by atoms with Gasteiger partial charge in [-0.15, -0.1) is 0 Å². The highest BCUT2D eigenvalue weighted by atomic mass is 79.9. The molecule has 0 unspecified atom stereocenters. The van der Waals surface area contributed by atoms with Crippen molar-refractivity contribution in [3.8, 4) is 0 Å². The molecule has 1 aliphatic rings. The fourth-order valence-corrected chi connectivity index (χ4v) is 2.75. The lowest BCUT2D eigenvalue weighted by Crippen LogP contribution is -2.36. The number of pyridine rings is 1. The van der Waals surface area contributed by atoms with Gasteiger partial charge in [0.1, 0.15) is 18.1 Å². The molecule has 2 heterocycles. The van der Waals surface area contributed by atoms with Crippen LogP contribution in [0.25, 0.3) is 0 Å². The maximum atomic E-state index is 11.2. The molecule has 1 atom stereocenters. The summed E-state index contributed by atoms with van der Waals surface area (Å²) in [6.07, 6.45) is 2.49. The molecule has 8 heteroatoms. The molecule has 19 heavy (non-hydrogen) atoms. The van der Waals surface area contributed by atoms with E-state index in [1.54, 1.807) is 11.8 Å². The summed E-state index contributed by atoms with van der Waals surface area (Å²) in [5.41, 5.74) is 0.368. The van der Waals surface area contributed by atoms with E-state index in [1.807, 2.05) is 0 Å². The third-order valence-corrected chi connectivity index (χ3v) is 4.17. The van der Waals surface area contributed by atoms with Crippen LogP contribution in [0.4, 0.5) is 11.5 Å². The van der Waals surface area contributed by atoms with Crippen LogP contribution in [0.15, 0.2) is 10.7 Å². The Hall–Kier alpha value is -1.70. The SMILES string of the molecule is Cc1c([N+](=O)[O-])cnc(N2CCC[C@@H]2C(=O)O)c1Br. The molecule has 1 N–H and O–H groups in total. The number of aliphatic carboxylic acids is 1. The first-order valence-corrected chi connectivity index (χ1v) is 6.51. The van der Waals surface area contributed by atoms with Crippen molar-refractivity contribution in [1.29, 1.82) is 0 Å². The van der Waals surface area contributed by atoms with Gasteiger partial charge in [0.05, 0.1) is 9.40 Å². The molecule has 1 fully saturated rings. The molecule has 0 aromatic carbocycles. The quantitative estimate of drug-likeness (QED) is 0.673. The molecule has 0 spiro atoms. The number of nitro groups is 1. The number of carboxylic acids is 1. The van der Waals surface area contributed by atoms with Crippen molar-refractivity contribution >= 4 is 33.4 Å². The number of nitrogens with zero attached hydrogens (tertiary/aromatic N) is 3. The molecule has 0 saturated carbocycles. The van der Waals surface area contributed by atoms with E-state index in [4.69, 9.17) is 5.11 Å². The predicted molar refractivity (Wildman–Crippen MR) is 71.3 cm³/mol. The Labute approximate surface area is 117 Å². The van der Waals surface area contributed by atoms with E-state index in [0.717, 1.165) is 6.42 Å². The Morgan fingerprint density at radius 2 is 2.37 bits per heavy atom. The fourth-order valence-electron chi connectivity index (χ4n) is 2.22. The molecule has 102 valence electrons. The maximum absolute atomic E-state index is 11.2. The first kappa shape index (κ1) is 13.7. The van der Waals surface area contributed by atoms with Crippen molar-refractivity contribution in [3.05, 3.63) is 26.3 Å². The van der Waals surface area contributed by atoms with Crippen LogP contribution in [-0.4, -0.2) is 33.6 Å². The Morgan fingerprint density at radius 3 is 2.95 bits per heavy atom. The summed E-state index contributed by atoms with van der Waals surface area (Å²) in [6.45, 7) is 2.19. The molecule has 1 aromatic rings. The van der Waals surface area contributed by atoms with Crippen molar-refractivity contribution in [2.45, 2.75) is 25.8 Å². The molecular weight excluding hydrogens is 318 g/mol. The van der Waals surface area contributed by atoms with Crippen LogP contribution in [0.5, 0.6) is 0 Å². The number of hydrogen-bond donors (Lipinski definition) is 1. The summed E-state index contributed by atoms with van der Waals surface area (Å²) in [4.78, 5) is 27.2. The smallest absolute Gasteiger partial charge is 0.326 e. The van der Waals surface area contributed by atoms with Gasteiger partial charge < -0.3 is 10.0 Å². The highest BCUT2D eigenvalue weighted by Crippen LogP contribution is 2.35. The third kappa shape index (κ3) is 2.40. The summed E-state index contributed by atoms with van der Waals surface area (Å²) >= 11 is 3.28. The van der Waals surface area contributed by atoms with Crippen molar-refractivity contribution in [3.63, 3.8) is 0 Å². The molecular formula is C11H12BrN3O4. The van der Waals surface area contributed by atoms with Crippen LogP contribution in [0.1, 0.15) is 18.4 Å². The lowest BCUT2D eigenvalue weighted by atomic mass is 10.2. The van der Waals surface area contributed by atoms with Crippen LogP contribution in [0, 0.1) is 17.0 Å². The summed E-state index contributed by atoms with van der Waals surface area (Å²) < 4.78 is 0.481. The summed E-state index contributed by atoms with van der Waals surface area (Å²) in [6, 6.07) is -0.621. The second kappa shape index (κ2) is 5.12. The average Bonchev–Trinajstić information content (AvgIpc) is 2.81. The summed E-state index contributed by atoms with van der Waals surface area (Å²) in [7, 11) is 0. The molecule has 1 saturated heterocycles. The van der Waals surface area contributed by atoms with Gasteiger partial charge in [-0.2, -0.15) is 0 Å². The number of carboxylic acid groups (broad SMARTS) is 1. The zero-order valence-corrected chi connectivity index (χ0v) is 11.8. The van der Waals surface area contributed by atoms with Gasteiger partial charge in [0.25, 0.3) is 5.69 Å². The van der Waals surface area contributed by atoms with Crippen molar-refractivity contribution in [2.24, 2.45) is 0 Å². The van der Waals surface area contributed by atoms with Crippen LogP contribution in [-0.2, 0) is 4.79 Å². The third-order valence-electron chi connectivity index (χ3n) is 3.23. The number of hydrogen-bond acceptors (Lipinski definition) is 5. The fraction of sp³-hybridized carbons (Fsp3) is 0.455. The zero-order chi connectivity index (χ0) is 14.2. The second-order valence-electron chi connectivity index (χ2n) is 4.35. The largest absolute Gasteiger partial charge is 0.480 e. The molecule has 2 rings (SSSR count). The van der Waals surface area contributed by atoms with E-state index < -0.39 is 16.9 Å². The highest BCUT2D eigenvalue weighted by molar-refractivity contribution is 9.10. The van der Waals surface area contributed by atoms with E-state index in [2.05, 4.69) is 20.9 Å². The van der Waals surface area contributed by atoms with Gasteiger partial charge in [-0.05, 0) is 35.7 Å². The van der Waals surface area contributed by atoms with Crippen molar-refractivity contribution in [1.82, 2.24) is 4.98 Å². The first-order valence-electron chi connectivity index (χ1n) is 5.72. The van der Waals surface area contributed by atoms with E-state index in [1.165, 1.54) is 6.20 Å². The number of aromatic nitrogens is 1. The molecule has 1 aliphatic heterocycles. The molecule has 0 bridgehead atoms. The topological polar surface area (TPSA) is 96.6 Å². The van der Waals surface area contributed by atoms with Crippen molar-refractivity contribution < 1.29 is 14.8 Å². The van der Waals surface area contributed by atoms with E-state index >= 15 is 0 Å². The lowest BCUT2D eigenvalue weighted by molar-refractivity contribution is -0.385. The predicted octanol–water partition coefficient (Wildman–Crippen LogP) is 2.11. The Balaban J connectivity index is 2.44. The number of anilines is 1. The van der Waals surface area contributed by atoms with Gasteiger partial charge in [0.15, 0.2) is 0 Å². The normalized spacial score (nSPS) is 18.6. The molecule has 0 aliphatic carbocycles. The van der Waals surface area contributed by atoms with Gasteiger partial charge in [-0.1, -0.05) is 0 Å². The second-order valence-corrected chi connectivity index (χ2v) is 5.15. The van der Waals surface area contributed by atoms with E-state index in [-0.39, 0.29) is 5.69 Å². The standard InChI is InChI=1S/C11H12BrN3O4/c1-6-8(15(18)19)5-13-10(9(6)12)14-4-2-3-7(14)11(16)17/h5,7H,2-4H2,1H3,(H,16,17)/t7-/m1/s1. The van der Waals surface area contributed by atoms with Crippen LogP contribution in [0.2, 0.25) is 0 Å². The van der Waals surface area contributed by atoms with Crippen LogP contribution in [0.3, 0.4) is 0 Å². The lowest BCUT2D eigenvalue weighted by Gasteiger charge is -2.23. The summed E-state index contributed by atoms with van der Waals surface area (Å²) in [5.74, 6) is -0.449. The molecule has 7 nitrogen and oxygen atoms in total. The van der Waals surface area contributed by atoms with Gasteiger partial charge in [0, 0.05) is 12.1 Å².